The van der Waals surface area contributed by atoms with Gasteiger partial charge in [0.25, 0.3) is 0 Å². The van der Waals surface area contributed by atoms with Crippen LogP contribution in [-0.4, -0.2) is 32.1 Å². The van der Waals surface area contributed by atoms with Crippen LogP contribution in [0.5, 0.6) is 5.75 Å². The maximum atomic E-state index is 5.56. The molecule has 1 aliphatic heterocycles. The van der Waals surface area contributed by atoms with Crippen LogP contribution in [0.3, 0.4) is 0 Å². The van der Waals surface area contributed by atoms with Crippen LogP contribution in [0.15, 0.2) is 12.1 Å². The molecule has 2 heteroatoms. The molecule has 0 spiro atoms. The van der Waals surface area contributed by atoms with Crippen molar-refractivity contribution in [3.05, 3.63) is 28.8 Å². The van der Waals surface area contributed by atoms with E-state index in [4.69, 9.17) is 4.74 Å². The molecule has 0 aromatic heterocycles. The second kappa shape index (κ2) is 4.34. The predicted octanol–water partition coefficient (Wildman–Crippen LogP) is 2.60. The molecule has 0 N–H and O–H groups in total. The fourth-order valence-corrected chi connectivity index (χ4v) is 3.50. The van der Waals surface area contributed by atoms with E-state index in [0.717, 1.165) is 24.6 Å². The van der Waals surface area contributed by atoms with Gasteiger partial charge in [-0.2, -0.15) is 0 Å². The maximum Gasteiger partial charge on any atom is 0.122 e. The summed E-state index contributed by atoms with van der Waals surface area (Å²) in [5.41, 5.74) is 4.69. The molecule has 2 nitrogen and oxygen atoms in total. The van der Waals surface area contributed by atoms with Crippen molar-refractivity contribution in [2.75, 3.05) is 27.2 Å². The van der Waals surface area contributed by atoms with Gasteiger partial charge in [0.2, 0.25) is 0 Å². The Balaban J connectivity index is 2.14. The van der Waals surface area contributed by atoms with Crippen LogP contribution in [0.4, 0.5) is 0 Å². The van der Waals surface area contributed by atoms with Gasteiger partial charge in [0.1, 0.15) is 5.75 Å². The smallest absolute Gasteiger partial charge is 0.122 e. The second-order valence-corrected chi connectivity index (χ2v) is 5.42. The van der Waals surface area contributed by atoms with Crippen LogP contribution in [0.1, 0.15) is 35.4 Å². The van der Waals surface area contributed by atoms with Crippen LogP contribution in [0, 0.1) is 0 Å². The van der Waals surface area contributed by atoms with Gasteiger partial charge in [-0.1, -0.05) is 6.07 Å². The molecular formula is C15H21NO. The molecule has 0 amide bonds. The molecular weight excluding hydrogens is 210 g/mol. The lowest BCUT2D eigenvalue weighted by Gasteiger charge is -2.28. The van der Waals surface area contributed by atoms with Crippen molar-refractivity contribution < 1.29 is 4.74 Å². The van der Waals surface area contributed by atoms with E-state index < -0.39 is 0 Å². The number of nitrogens with zero attached hydrogens (tertiary/aromatic N) is 1. The first-order valence-corrected chi connectivity index (χ1v) is 6.67. The first-order chi connectivity index (χ1) is 8.29. The van der Waals surface area contributed by atoms with Crippen molar-refractivity contribution >= 4 is 0 Å². The highest BCUT2D eigenvalue weighted by atomic mass is 16.5. The van der Waals surface area contributed by atoms with Gasteiger partial charge in [-0.05, 0) is 61.4 Å². The highest BCUT2D eigenvalue weighted by molar-refractivity contribution is 5.49. The topological polar surface area (TPSA) is 12.5 Å². The molecule has 0 saturated carbocycles. The Morgan fingerprint density at radius 1 is 1.29 bits per heavy atom. The van der Waals surface area contributed by atoms with E-state index in [1.54, 1.807) is 18.2 Å². The van der Waals surface area contributed by atoms with Crippen LogP contribution in [0.2, 0.25) is 0 Å². The molecule has 1 aromatic rings. The monoisotopic (exact) mass is 231 g/mol. The molecule has 1 aromatic carbocycles. The lowest BCUT2D eigenvalue weighted by Crippen LogP contribution is -2.25. The maximum absolute atomic E-state index is 5.56. The summed E-state index contributed by atoms with van der Waals surface area (Å²) in [7, 11) is 4.04. The third-order valence-corrected chi connectivity index (χ3v) is 4.31. The van der Waals surface area contributed by atoms with E-state index in [2.05, 4.69) is 24.1 Å². The molecule has 0 bridgehead atoms. The first kappa shape index (κ1) is 11.1. The Bertz CT molecular complexity index is 427. The van der Waals surface area contributed by atoms with Crippen molar-refractivity contribution in [2.45, 2.75) is 31.6 Å². The summed E-state index contributed by atoms with van der Waals surface area (Å²) in [6.45, 7) is 2.37. The SMILES string of the molecule is COc1ccc2c3c1CCN(C)CC3CCC2. The first-order valence-electron chi connectivity index (χ1n) is 6.67. The number of ether oxygens (including phenoxy) is 1. The Labute approximate surface area is 104 Å². The zero-order chi connectivity index (χ0) is 11.8. The minimum absolute atomic E-state index is 0.733. The fraction of sp³-hybridized carbons (Fsp3) is 0.600. The molecule has 2 aliphatic rings. The lowest BCUT2D eigenvalue weighted by molar-refractivity contribution is 0.313. The molecule has 1 unspecified atom stereocenters. The molecule has 0 radical (unpaired) electrons. The van der Waals surface area contributed by atoms with E-state index >= 15 is 0 Å². The third kappa shape index (κ3) is 1.85. The number of rotatable bonds is 1. The summed E-state index contributed by atoms with van der Waals surface area (Å²) in [5, 5.41) is 0. The summed E-state index contributed by atoms with van der Waals surface area (Å²) < 4.78 is 5.56. The quantitative estimate of drug-likeness (QED) is 0.736. The van der Waals surface area contributed by atoms with Crippen LogP contribution < -0.4 is 4.74 Å². The average Bonchev–Trinajstić information content (AvgIpc) is 2.51. The van der Waals surface area contributed by atoms with Gasteiger partial charge in [0, 0.05) is 13.1 Å². The minimum Gasteiger partial charge on any atom is -0.496 e. The zero-order valence-electron chi connectivity index (χ0n) is 10.8. The summed E-state index contributed by atoms with van der Waals surface area (Å²) >= 11 is 0. The molecule has 17 heavy (non-hydrogen) atoms. The Morgan fingerprint density at radius 2 is 2.18 bits per heavy atom. The van der Waals surface area contributed by atoms with Gasteiger partial charge in [-0.15, -0.1) is 0 Å². The highest BCUT2D eigenvalue weighted by Gasteiger charge is 2.28. The predicted molar refractivity (Wildman–Crippen MR) is 69.9 cm³/mol. The molecule has 0 fully saturated rings. The summed E-state index contributed by atoms with van der Waals surface area (Å²) in [6.07, 6.45) is 5.08. The van der Waals surface area contributed by atoms with E-state index in [1.807, 2.05) is 0 Å². The normalized spacial score (nSPS) is 24.0. The Morgan fingerprint density at radius 3 is 3.00 bits per heavy atom. The largest absolute Gasteiger partial charge is 0.496 e. The zero-order valence-corrected chi connectivity index (χ0v) is 10.8. The number of aryl methyl sites for hydroxylation is 1. The van der Waals surface area contributed by atoms with E-state index in [0.29, 0.717) is 0 Å². The van der Waals surface area contributed by atoms with Gasteiger partial charge >= 0.3 is 0 Å². The fourth-order valence-electron chi connectivity index (χ4n) is 3.50. The van der Waals surface area contributed by atoms with Crippen molar-refractivity contribution in [3.8, 4) is 5.75 Å². The Hall–Kier alpha value is -1.02. The van der Waals surface area contributed by atoms with E-state index in [9.17, 15) is 0 Å². The van der Waals surface area contributed by atoms with Gasteiger partial charge in [0.05, 0.1) is 7.11 Å². The number of hydrogen-bond donors (Lipinski definition) is 0. The van der Waals surface area contributed by atoms with Crippen molar-refractivity contribution in [1.82, 2.24) is 4.90 Å². The van der Waals surface area contributed by atoms with Gasteiger partial charge in [0.15, 0.2) is 0 Å². The van der Waals surface area contributed by atoms with Crippen molar-refractivity contribution in [1.29, 1.82) is 0 Å². The molecule has 1 atom stereocenters. The number of hydrogen-bond acceptors (Lipinski definition) is 2. The number of benzene rings is 1. The molecule has 0 saturated heterocycles. The van der Waals surface area contributed by atoms with Crippen molar-refractivity contribution in [3.63, 3.8) is 0 Å². The van der Waals surface area contributed by atoms with E-state index in [-0.39, 0.29) is 0 Å². The van der Waals surface area contributed by atoms with Crippen LogP contribution in [-0.2, 0) is 12.8 Å². The average molecular weight is 231 g/mol. The molecule has 1 aliphatic carbocycles. The lowest BCUT2D eigenvalue weighted by atomic mass is 9.80. The third-order valence-electron chi connectivity index (χ3n) is 4.31. The minimum atomic E-state index is 0.733. The van der Waals surface area contributed by atoms with Gasteiger partial charge in [-0.3, -0.25) is 0 Å². The number of methoxy groups -OCH3 is 1. The van der Waals surface area contributed by atoms with Crippen molar-refractivity contribution in [2.24, 2.45) is 0 Å². The van der Waals surface area contributed by atoms with Crippen LogP contribution in [0.25, 0.3) is 0 Å². The molecule has 92 valence electrons. The summed E-state index contributed by atoms with van der Waals surface area (Å²) in [4.78, 5) is 2.47. The van der Waals surface area contributed by atoms with Gasteiger partial charge < -0.3 is 9.64 Å². The van der Waals surface area contributed by atoms with Gasteiger partial charge in [-0.25, -0.2) is 0 Å². The Kier molecular flexibility index (Phi) is 2.83. The summed E-state index contributed by atoms with van der Waals surface area (Å²) in [6, 6.07) is 4.46. The van der Waals surface area contributed by atoms with E-state index in [1.165, 1.54) is 31.4 Å². The molecule has 3 rings (SSSR count). The second-order valence-electron chi connectivity index (χ2n) is 5.42. The van der Waals surface area contributed by atoms with Crippen LogP contribution >= 0.6 is 0 Å². The molecule has 1 heterocycles. The summed E-state index contributed by atoms with van der Waals surface area (Å²) in [5.74, 6) is 1.84. The highest BCUT2D eigenvalue weighted by Crippen LogP contribution is 2.40. The standard InChI is InChI=1S/C15H21NO/c1-16-9-8-13-14(17-2)7-6-11-4-3-5-12(10-16)15(11)13/h6-7,12H,3-5,8-10H2,1-2H3. The number of likely N-dealkylation sites (N-methyl/N-ethyl adjacent to an activating group) is 1.